The summed E-state index contributed by atoms with van der Waals surface area (Å²) in [5, 5.41) is 3.90. The van der Waals surface area contributed by atoms with Gasteiger partial charge in [-0.2, -0.15) is 0 Å². The quantitative estimate of drug-likeness (QED) is 0.432. The van der Waals surface area contributed by atoms with Crippen LogP contribution in [0.3, 0.4) is 0 Å². The van der Waals surface area contributed by atoms with Gasteiger partial charge in [-0.15, -0.1) is 11.8 Å². The lowest BCUT2D eigenvalue weighted by Crippen LogP contribution is -2.49. The predicted octanol–water partition coefficient (Wildman–Crippen LogP) is 6.30. The summed E-state index contributed by atoms with van der Waals surface area (Å²) in [5.41, 5.74) is 5.54. The maximum Gasteiger partial charge on any atom is 0.162 e. The Balaban J connectivity index is 1.53. The molecule has 0 bridgehead atoms. The van der Waals surface area contributed by atoms with Gasteiger partial charge >= 0.3 is 0 Å². The second-order valence-electron chi connectivity index (χ2n) is 8.82. The summed E-state index contributed by atoms with van der Waals surface area (Å²) in [6, 6.07) is 24.0. The van der Waals surface area contributed by atoms with E-state index in [1.807, 2.05) is 30.0 Å². The molecule has 166 valence electrons. The van der Waals surface area contributed by atoms with Gasteiger partial charge in [-0.1, -0.05) is 55.0 Å². The third kappa shape index (κ3) is 3.80. The summed E-state index contributed by atoms with van der Waals surface area (Å²) < 4.78 is 12.0. The molecule has 3 aromatic rings. The molecular weight excluding hydrogens is 414 g/mol. The van der Waals surface area contributed by atoms with Crippen molar-refractivity contribution in [2.75, 3.05) is 19.9 Å². The van der Waals surface area contributed by atoms with Gasteiger partial charge in [-0.05, 0) is 72.5 Å². The number of fused-ring (bicyclic) bond motifs is 1. The molecule has 32 heavy (non-hydrogen) atoms. The zero-order chi connectivity index (χ0) is 22.0. The van der Waals surface area contributed by atoms with Gasteiger partial charge in [0, 0.05) is 16.4 Å². The van der Waals surface area contributed by atoms with Gasteiger partial charge in [0.25, 0.3) is 0 Å². The fourth-order valence-electron chi connectivity index (χ4n) is 5.39. The Morgan fingerprint density at radius 2 is 1.78 bits per heavy atom. The fourth-order valence-corrected chi connectivity index (χ4v) is 6.10. The van der Waals surface area contributed by atoms with Gasteiger partial charge in [0.05, 0.1) is 7.11 Å². The Morgan fingerprint density at radius 1 is 1.00 bits per heavy atom. The number of ether oxygens (including phenoxy) is 2. The second kappa shape index (κ2) is 9.21. The number of thioether (sulfide) groups is 1. The molecule has 0 aromatic heterocycles. The SMILES string of the molecule is COc1cc2c(cc1OCc1ccccc1)C(C1(c3ccccc3SC)CCC1)NCC2. The largest absolute Gasteiger partial charge is 0.493 e. The number of nitrogens with one attached hydrogen (secondary N) is 1. The summed E-state index contributed by atoms with van der Waals surface area (Å²) in [6.45, 7) is 1.53. The van der Waals surface area contributed by atoms with Crippen molar-refractivity contribution in [1.29, 1.82) is 0 Å². The Bertz CT molecular complexity index is 1080. The van der Waals surface area contributed by atoms with E-state index < -0.39 is 0 Å². The van der Waals surface area contributed by atoms with E-state index in [0.29, 0.717) is 12.6 Å². The van der Waals surface area contributed by atoms with Gasteiger partial charge < -0.3 is 14.8 Å². The van der Waals surface area contributed by atoms with Crippen LogP contribution in [0.25, 0.3) is 0 Å². The van der Waals surface area contributed by atoms with Crippen molar-refractivity contribution >= 4 is 11.8 Å². The van der Waals surface area contributed by atoms with E-state index in [1.54, 1.807) is 7.11 Å². The molecule has 3 nitrogen and oxygen atoms in total. The fraction of sp³-hybridized carbons (Fsp3) is 0.357. The average molecular weight is 446 g/mol. The lowest BCUT2D eigenvalue weighted by molar-refractivity contribution is 0.161. The number of methoxy groups -OCH3 is 1. The van der Waals surface area contributed by atoms with E-state index in [9.17, 15) is 0 Å². The van der Waals surface area contributed by atoms with Crippen molar-refractivity contribution in [1.82, 2.24) is 5.32 Å². The first-order chi connectivity index (χ1) is 15.7. The maximum absolute atomic E-state index is 6.29. The van der Waals surface area contributed by atoms with Gasteiger partial charge in [0.15, 0.2) is 11.5 Å². The van der Waals surface area contributed by atoms with Gasteiger partial charge in [-0.25, -0.2) is 0 Å². The Labute approximate surface area is 195 Å². The van der Waals surface area contributed by atoms with Crippen LogP contribution in [0.1, 0.15) is 47.6 Å². The topological polar surface area (TPSA) is 30.5 Å². The highest BCUT2D eigenvalue weighted by Crippen LogP contribution is 2.56. The van der Waals surface area contributed by atoms with Crippen molar-refractivity contribution < 1.29 is 9.47 Å². The van der Waals surface area contributed by atoms with Gasteiger partial charge in [-0.3, -0.25) is 0 Å². The molecule has 1 atom stereocenters. The van der Waals surface area contributed by atoms with Crippen molar-refractivity contribution in [3.8, 4) is 11.5 Å². The van der Waals surface area contributed by atoms with Crippen LogP contribution in [0, 0.1) is 0 Å². The zero-order valence-electron chi connectivity index (χ0n) is 18.9. The van der Waals surface area contributed by atoms with E-state index in [4.69, 9.17) is 9.47 Å². The van der Waals surface area contributed by atoms with E-state index in [1.165, 1.54) is 40.8 Å². The molecule has 1 aliphatic carbocycles. The molecule has 1 N–H and O–H groups in total. The molecule has 0 radical (unpaired) electrons. The third-order valence-electron chi connectivity index (χ3n) is 7.16. The molecule has 1 saturated carbocycles. The first-order valence-electron chi connectivity index (χ1n) is 11.5. The Kier molecular flexibility index (Phi) is 6.16. The average Bonchev–Trinajstić information content (AvgIpc) is 2.82. The summed E-state index contributed by atoms with van der Waals surface area (Å²) in [5.74, 6) is 1.66. The summed E-state index contributed by atoms with van der Waals surface area (Å²) >= 11 is 1.86. The molecule has 5 rings (SSSR count). The molecule has 1 heterocycles. The minimum Gasteiger partial charge on any atom is -0.493 e. The zero-order valence-corrected chi connectivity index (χ0v) is 19.7. The molecule has 3 aromatic carbocycles. The molecule has 1 unspecified atom stereocenters. The molecule has 0 saturated heterocycles. The lowest BCUT2D eigenvalue weighted by atomic mass is 9.58. The van der Waals surface area contributed by atoms with Gasteiger partial charge in [0.2, 0.25) is 0 Å². The van der Waals surface area contributed by atoms with Crippen LogP contribution in [-0.2, 0) is 18.4 Å². The van der Waals surface area contributed by atoms with E-state index in [-0.39, 0.29) is 5.41 Å². The minimum absolute atomic E-state index is 0.139. The number of rotatable bonds is 7. The predicted molar refractivity (Wildman–Crippen MR) is 132 cm³/mol. The van der Waals surface area contributed by atoms with Crippen molar-refractivity contribution in [3.63, 3.8) is 0 Å². The van der Waals surface area contributed by atoms with Crippen LogP contribution in [0.5, 0.6) is 11.5 Å². The summed E-state index contributed by atoms with van der Waals surface area (Å²) in [6.07, 6.45) is 6.92. The van der Waals surface area contributed by atoms with Crippen molar-refractivity contribution in [2.45, 2.75) is 48.6 Å². The number of hydrogen-bond acceptors (Lipinski definition) is 4. The molecule has 2 aliphatic rings. The number of benzene rings is 3. The smallest absolute Gasteiger partial charge is 0.162 e. The van der Waals surface area contributed by atoms with Crippen LogP contribution < -0.4 is 14.8 Å². The summed E-state index contributed by atoms with van der Waals surface area (Å²) in [4.78, 5) is 1.40. The van der Waals surface area contributed by atoms with Crippen molar-refractivity contribution in [3.05, 3.63) is 89.0 Å². The highest BCUT2D eigenvalue weighted by Gasteiger charge is 2.48. The molecule has 1 fully saturated rings. The molecule has 1 aliphatic heterocycles. The maximum atomic E-state index is 6.29. The molecular formula is C28H31NO2S. The van der Waals surface area contributed by atoms with Crippen LogP contribution in [0.2, 0.25) is 0 Å². The molecule has 0 spiro atoms. The van der Waals surface area contributed by atoms with Crippen LogP contribution in [-0.4, -0.2) is 19.9 Å². The van der Waals surface area contributed by atoms with Crippen LogP contribution in [0.15, 0.2) is 71.6 Å². The Morgan fingerprint density at radius 3 is 2.50 bits per heavy atom. The normalized spacial score (nSPS) is 19.0. The van der Waals surface area contributed by atoms with E-state index in [0.717, 1.165) is 30.0 Å². The highest BCUT2D eigenvalue weighted by atomic mass is 32.2. The van der Waals surface area contributed by atoms with Crippen molar-refractivity contribution in [2.24, 2.45) is 0 Å². The Hall–Kier alpha value is -2.43. The lowest BCUT2D eigenvalue weighted by Gasteiger charge is -2.51. The van der Waals surface area contributed by atoms with E-state index in [2.05, 4.69) is 60.1 Å². The third-order valence-corrected chi connectivity index (χ3v) is 7.95. The van der Waals surface area contributed by atoms with E-state index >= 15 is 0 Å². The van der Waals surface area contributed by atoms with Crippen LogP contribution >= 0.6 is 11.8 Å². The minimum atomic E-state index is 0.139. The monoisotopic (exact) mass is 445 g/mol. The molecule has 4 heteroatoms. The number of hydrogen-bond donors (Lipinski definition) is 1. The molecule has 0 amide bonds. The first kappa shape index (κ1) is 21.4. The highest BCUT2D eigenvalue weighted by molar-refractivity contribution is 7.98. The van der Waals surface area contributed by atoms with Crippen LogP contribution in [0.4, 0.5) is 0 Å². The second-order valence-corrected chi connectivity index (χ2v) is 9.67. The summed E-state index contributed by atoms with van der Waals surface area (Å²) in [7, 11) is 1.73. The van der Waals surface area contributed by atoms with Gasteiger partial charge in [0.1, 0.15) is 6.61 Å². The first-order valence-corrected chi connectivity index (χ1v) is 12.7. The standard InChI is InChI=1S/C28H31NO2S/c1-30-24-17-21-13-16-29-27(22(21)18-25(24)31-19-20-9-4-3-5-10-20)28(14-8-15-28)23-11-6-7-12-26(23)32-2/h3-7,9-12,17-18,27,29H,8,13-16,19H2,1-2H3.